The number of nitrogens with zero attached hydrogens (tertiary/aromatic N) is 2. The number of nitrogens with one attached hydrogen (secondary N) is 1. The molecule has 1 aromatic carbocycles. The summed E-state index contributed by atoms with van der Waals surface area (Å²) in [6.07, 6.45) is 4.42. The van der Waals surface area contributed by atoms with E-state index in [0.717, 1.165) is 35.9 Å². The van der Waals surface area contributed by atoms with Gasteiger partial charge in [0.2, 0.25) is 0 Å². The molecule has 1 N–H and O–H groups in total. The van der Waals surface area contributed by atoms with Gasteiger partial charge in [-0.2, -0.15) is 13.2 Å². The highest BCUT2D eigenvalue weighted by molar-refractivity contribution is 5.55. The van der Waals surface area contributed by atoms with E-state index in [2.05, 4.69) is 26.5 Å². The van der Waals surface area contributed by atoms with Gasteiger partial charge in [-0.1, -0.05) is 32.1 Å². The molecule has 0 aliphatic rings. The molecule has 0 aliphatic carbocycles. The maximum absolute atomic E-state index is 13.0. The van der Waals surface area contributed by atoms with Crippen LogP contribution in [0.3, 0.4) is 0 Å². The van der Waals surface area contributed by atoms with Gasteiger partial charge in [0.15, 0.2) is 0 Å². The first-order chi connectivity index (χ1) is 13.0. The quantitative estimate of drug-likeness (QED) is 0.194. The van der Waals surface area contributed by atoms with E-state index in [1.54, 1.807) is 0 Å². The van der Waals surface area contributed by atoms with Gasteiger partial charge < -0.3 is 9.80 Å². The molecule has 0 radical (unpaired) electrons. The van der Waals surface area contributed by atoms with Gasteiger partial charge >= 0.3 is 6.18 Å². The minimum absolute atomic E-state index is 0.259. The van der Waals surface area contributed by atoms with Gasteiger partial charge in [0.05, 0.1) is 32.6 Å². The van der Waals surface area contributed by atoms with Crippen molar-refractivity contribution >= 4 is 11.4 Å². The number of rotatable bonds is 13. The lowest BCUT2D eigenvalue weighted by atomic mass is 10.1. The first-order valence-electron chi connectivity index (χ1n) is 9.91. The van der Waals surface area contributed by atoms with E-state index in [4.69, 9.17) is 0 Å². The van der Waals surface area contributed by atoms with Gasteiger partial charge in [0.25, 0.3) is 5.69 Å². The number of unbranched alkanes of at least 4 members (excludes halogenated alkanes) is 7. The molecule has 28 heavy (non-hydrogen) atoms. The Morgan fingerprint density at radius 1 is 0.964 bits per heavy atom. The molecule has 8 heteroatoms. The molecule has 0 heterocycles. The first-order valence-corrected chi connectivity index (χ1v) is 9.91. The van der Waals surface area contributed by atoms with Gasteiger partial charge in [0, 0.05) is 18.3 Å². The number of hydrogen-bond donors (Lipinski definition) is 1. The molecule has 0 amide bonds. The maximum atomic E-state index is 13.0. The molecule has 1 aromatic rings. The maximum Gasteiger partial charge on any atom is 0.423 e. The van der Waals surface area contributed by atoms with E-state index in [1.165, 1.54) is 44.7 Å². The van der Waals surface area contributed by atoms with Crippen molar-refractivity contribution in [3.8, 4) is 0 Å². The van der Waals surface area contributed by atoms with Crippen molar-refractivity contribution in [2.24, 2.45) is 0 Å². The van der Waals surface area contributed by atoms with Crippen LogP contribution >= 0.6 is 0 Å². The third kappa shape index (κ3) is 9.92. The third-order valence-corrected chi connectivity index (χ3v) is 4.58. The summed E-state index contributed by atoms with van der Waals surface area (Å²) < 4.78 is 39.9. The zero-order valence-corrected chi connectivity index (χ0v) is 17.1. The number of nitro benzene ring substituents is 1. The van der Waals surface area contributed by atoms with Crippen LogP contribution in [0.2, 0.25) is 0 Å². The van der Waals surface area contributed by atoms with Crippen LogP contribution in [0.25, 0.3) is 0 Å². The van der Waals surface area contributed by atoms with Crippen molar-refractivity contribution in [3.63, 3.8) is 0 Å². The summed E-state index contributed by atoms with van der Waals surface area (Å²) in [5, 5.41) is 13.7. The molecule has 160 valence electrons. The molecule has 0 bridgehead atoms. The zero-order valence-electron chi connectivity index (χ0n) is 17.1. The summed E-state index contributed by atoms with van der Waals surface area (Å²) in [6.45, 7) is 1.75. The highest BCUT2D eigenvalue weighted by Crippen LogP contribution is 2.37. The normalized spacial score (nSPS) is 12.2. The highest BCUT2D eigenvalue weighted by atomic mass is 19.4. The Kier molecular flexibility index (Phi) is 9.72. The lowest BCUT2D eigenvalue weighted by Crippen LogP contribution is -2.35. The van der Waals surface area contributed by atoms with Crippen LogP contribution in [0.5, 0.6) is 0 Å². The summed E-state index contributed by atoms with van der Waals surface area (Å²) >= 11 is 0. The van der Waals surface area contributed by atoms with Crippen molar-refractivity contribution in [3.05, 3.63) is 33.9 Å². The Labute approximate surface area is 165 Å². The van der Waals surface area contributed by atoms with Gasteiger partial charge in [0.1, 0.15) is 5.56 Å². The van der Waals surface area contributed by atoms with Crippen LogP contribution in [0.4, 0.5) is 24.5 Å². The number of nitro groups is 1. The van der Waals surface area contributed by atoms with E-state index in [1.807, 2.05) is 0 Å². The molecule has 0 aromatic heterocycles. The molecular weight excluding hydrogens is 371 g/mol. The Bertz CT molecular complexity index is 614. The molecule has 0 aliphatic heterocycles. The number of quaternary nitrogens is 1. The highest BCUT2D eigenvalue weighted by Gasteiger charge is 2.38. The van der Waals surface area contributed by atoms with E-state index in [0.29, 0.717) is 6.54 Å². The monoisotopic (exact) mass is 404 g/mol. The molecule has 0 spiro atoms. The van der Waals surface area contributed by atoms with E-state index in [-0.39, 0.29) is 5.69 Å². The van der Waals surface area contributed by atoms with E-state index >= 15 is 0 Å². The number of anilines is 1. The molecule has 0 atom stereocenters. The third-order valence-electron chi connectivity index (χ3n) is 4.58. The van der Waals surface area contributed by atoms with Crippen LogP contribution in [0.15, 0.2) is 18.2 Å². The second-order valence-electron chi connectivity index (χ2n) is 8.26. The molecule has 0 fully saturated rings. The van der Waals surface area contributed by atoms with Crippen LogP contribution in [-0.2, 0) is 6.18 Å². The number of halogens is 3. The smallest absolute Gasteiger partial charge is 0.385 e. The summed E-state index contributed by atoms with van der Waals surface area (Å²) in [5.41, 5.74) is -1.87. The summed E-state index contributed by atoms with van der Waals surface area (Å²) in [6, 6.07) is 3.04. The molecular formula is C20H33F3N3O2+. The minimum Gasteiger partial charge on any atom is -0.385 e. The lowest BCUT2D eigenvalue weighted by molar-refractivity contribution is -0.870. The van der Waals surface area contributed by atoms with Crippen LogP contribution < -0.4 is 5.32 Å². The second-order valence-corrected chi connectivity index (χ2v) is 8.26. The van der Waals surface area contributed by atoms with Crippen LogP contribution in [0, 0.1) is 10.1 Å². The minimum atomic E-state index is -4.74. The van der Waals surface area contributed by atoms with Crippen molar-refractivity contribution in [1.29, 1.82) is 0 Å². The van der Waals surface area contributed by atoms with Crippen LogP contribution in [0.1, 0.15) is 56.9 Å². The first kappa shape index (κ1) is 24.2. The van der Waals surface area contributed by atoms with Gasteiger partial charge in [-0.05, 0) is 31.4 Å². The zero-order chi connectivity index (χ0) is 21.2. The second kappa shape index (κ2) is 11.2. The Morgan fingerprint density at radius 3 is 2.00 bits per heavy atom. The summed E-state index contributed by atoms with van der Waals surface area (Å²) in [5.74, 6) is 0. The Balaban J connectivity index is 2.21. The number of alkyl halides is 3. The molecule has 0 unspecified atom stereocenters. The Hall–Kier alpha value is -1.83. The fraction of sp³-hybridized carbons (Fsp3) is 0.700. The Morgan fingerprint density at radius 2 is 1.50 bits per heavy atom. The molecule has 0 saturated heterocycles. The molecule has 0 saturated carbocycles. The van der Waals surface area contributed by atoms with E-state index in [9.17, 15) is 23.3 Å². The SMILES string of the molecule is C[N+](C)(C)CCCCCCCCCCNc1ccc([N+](=O)[O-])c(C(F)(F)F)c1. The predicted molar refractivity (Wildman–Crippen MR) is 106 cm³/mol. The fourth-order valence-corrected chi connectivity index (χ4v) is 3.04. The lowest BCUT2D eigenvalue weighted by Gasteiger charge is -2.23. The van der Waals surface area contributed by atoms with Gasteiger partial charge in [-0.3, -0.25) is 10.1 Å². The summed E-state index contributed by atoms with van der Waals surface area (Å²) in [4.78, 5) is 9.75. The van der Waals surface area contributed by atoms with Crippen molar-refractivity contribution < 1.29 is 22.6 Å². The van der Waals surface area contributed by atoms with E-state index < -0.39 is 22.4 Å². The molecule has 1 rings (SSSR count). The van der Waals surface area contributed by atoms with Crippen molar-refractivity contribution in [1.82, 2.24) is 0 Å². The topological polar surface area (TPSA) is 55.2 Å². The number of hydrogen-bond acceptors (Lipinski definition) is 3. The average molecular weight is 404 g/mol. The summed E-state index contributed by atoms with van der Waals surface area (Å²) in [7, 11) is 6.61. The largest absolute Gasteiger partial charge is 0.423 e. The fourth-order valence-electron chi connectivity index (χ4n) is 3.04. The predicted octanol–water partition coefficient (Wildman–Crippen LogP) is 5.85. The van der Waals surface area contributed by atoms with Crippen molar-refractivity contribution in [2.45, 2.75) is 57.5 Å². The molecule has 5 nitrogen and oxygen atoms in total. The average Bonchev–Trinajstić information content (AvgIpc) is 2.57. The van der Waals surface area contributed by atoms with Crippen molar-refractivity contribution in [2.75, 3.05) is 39.5 Å². The van der Waals surface area contributed by atoms with Gasteiger partial charge in [-0.15, -0.1) is 0 Å². The van der Waals surface area contributed by atoms with Crippen LogP contribution in [-0.4, -0.2) is 43.6 Å². The standard InChI is InChI=1S/C20H33F3N3O2/c1-26(2,3)15-11-9-7-5-4-6-8-10-14-24-17-12-13-19(25(27)28)18(16-17)20(21,22)23/h12-13,16,24H,4-11,14-15H2,1-3H3/q+1. The van der Waals surface area contributed by atoms with Gasteiger partial charge in [-0.25, -0.2) is 0 Å². The number of benzene rings is 1.